The van der Waals surface area contributed by atoms with Gasteiger partial charge in [-0.2, -0.15) is 4.90 Å². The summed E-state index contributed by atoms with van der Waals surface area (Å²) < 4.78 is 24.8. The molecule has 0 unspecified atom stereocenters. The van der Waals surface area contributed by atoms with Gasteiger partial charge in [0.2, 0.25) is 11.8 Å². The lowest BCUT2D eigenvalue weighted by Gasteiger charge is -2.36. The van der Waals surface area contributed by atoms with Gasteiger partial charge in [0.15, 0.2) is 11.6 Å². The van der Waals surface area contributed by atoms with Crippen LogP contribution in [0.25, 0.3) is 11.6 Å². The molecule has 0 spiro atoms. The fraction of sp³-hybridized carbons (Fsp3) is 0.294. The summed E-state index contributed by atoms with van der Waals surface area (Å²) in [5.41, 5.74) is 2.65. The maximum atomic E-state index is 14.1. The molecule has 2 heterocycles. The topological polar surface area (TPSA) is 146 Å². The first kappa shape index (κ1) is 31.6. The molecule has 2 aromatic carbocycles. The number of carbonyl (C=O) groups is 3. The number of carbonyl (C=O) groups excluding carboxylic acids is 3. The van der Waals surface area contributed by atoms with E-state index in [1.807, 2.05) is 6.07 Å². The Morgan fingerprint density at radius 1 is 1.11 bits per heavy atom. The van der Waals surface area contributed by atoms with E-state index in [0.29, 0.717) is 38.6 Å². The summed E-state index contributed by atoms with van der Waals surface area (Å²) in [7, 11) is 1.07. The number of phenolic OH excluding ortho intramolecular Hbond substituents is 1. The van der Waals surface area contributed by atoms with Crippen molar-refractivity contribution in [2.45, 2.75) is 25.4 Å². The van der Waals surface area contributed by atoms with E-state index in [0.717, 1.165) is 7.11 Å². The van der Waals surface area contributed by atoms with Crippen LogP contribution >= 0.6 is 0 Å². The first-order chi connectivity index (χ1) is 21.7. The van der Waals surface area contributed by atoms with Crippen molar-refractivity contribution < 1.29 is 43.6 Å². The number of hydrogen-bond acceptors (Lipinski definition) is 9. The summed E-state index contributed by atoms with van der Waals surface area (Å²) in [5, 5.41) is 31.9. The molecule has 1 fully saturated rings. The molecule has 0 radical (unpaired) electrons. The second-order valence-electron chi connectivity index (χ2n) is 10.9. The number of fused-ring (bicyclic) bond motifs is 1. The number of amides is 3. The number of aliphatic hydroxyl groups excluding tert-OH is 2. The summed E-state index contributed by atoms with van der Waals surface area (Å²) in [6.45, 7) is -0.586. The van der Waals surface area contributed by atoms with Crippen LogP contribution in [0.1, 0.15) is 30.5 Å². The van der Waals surface area contributed by atoms with Crippen LogP contribution < -0.4 is 4.74 Å². The molecule has 4 atom stereocenters. The van der Waals surface area contributed by atoms with Gasteiger partial charge in [-0.1, -0.05) is 30.3 Å². The molecular weight excluding hydrogens is 583 g/mol. The molecule has 10 nitrogen and oxygen atoms in total. The Hall–Kier alpha value is -4.87. The van der Waals surface area contributed by atoms with Gasteiger partial charge >= 0.3 is 6.09 Å². The summed E-state index contributed by atoms with van der Waals surface area (Å²) >= 11 is 0. The number of benzene rings is 2. The Morgan fingerprint density at radius 3 is 2.53 bits per heavy atom. The highest BCUT2D eigenvalue weighted by Gasteiger charge is 2.57. The summed E-state index contributed by atoms with van der Waals surface area (Å²) in [4.78, 5) is 43.8. The maximum absolute atomic E-state index is 14.1. The Labute approximate surface area is 259 Å². The van der Waals surface area contributed by atoms with Gasteiger partial charge in [0.25, 0.3) is 0 Å². The smallest absolute Gasteiger partial charge is 0.423 e. The molecule has 5 rings (SSSR count). The van der Waals surface area contributed by atoms with Crippen LogP contribution in [0, 0.1) is 23.6 Å². The fourth-order valence-electron chi connectivity index (χ4n) is 6.14. The summed E-state index contributed by atoms with van der Waals surface area (Å²) in [6, 6.07) is 18.3. The Bertz CT molecular complexity index is 1630. The molecule has 1 aromatic heterocycles. The number of halogens is 1. The number of likely N-dealkylation sites (tertiary alicyclic amines) is 1. The lowest BCUT2D eigenvalue weighted by molar-refractivity contribution is -0.137. The zero-order valence-electron chi connectivity index (χ0n) is 24.5. The van der Waals surface area contributed by atoms with Crippen LogP contribution in [0.3, 0.4) is 0 Å². The monoisotopic (exact) mass is 616 g/mol. The van der Waals surface area contributed by atoms with E-state index < -0.39 is 59.9 Å². The van der Waals surface area contributed by atoms with Crippen molar-refractivity contribution >= 4 is 29.6 Å². The average molecular weight is 617 g/mol. The number of hydrogen-bond donors (Lipinski definition) is 3. The van der Waals surface area contributed by atoms with Gasteiger partial charge in [-0.25, -0.2) is 9.18 Å². The van der Waals surface area contributed by atoms with Gasteiger partial charge in [0.1, 0.15) is 12.4 Å². The molecule has 3 amide bonds. The third-order valence-electron chi connectivity index (χ3n) is 8.25. The highest BCUT2D eigenvalue weighted by atomic mass is 19.1. The van der Waals surface area contributed by atoms with Gasteiger partial charge in [-0.05, 0) is 84.0 Å². The molecule has 45 heavy (non-hydrogen) atoms. The molecule has 1 aliphatic carbocycles. The number of aliphatic hydroxyl groups is 2. The molecule has 0 saturated carbocycles. The number of methoxy groups -OCH3 is 1. The zero-order valence-corrected chi connectivity index (χ0v) is 24.5. The number of para-hydroxylation sites is 1. The number of pyridine rings is 1. The molecular formula is C34H33FN2O8. The molecule has 3 aromatic rings. The first-order valence-electron chi connectivity index (χ1n) is 14.5. The van der Waals surface area contributed by atoms with E-state index in [4.69, 9.17) is 4.74 Å². The van der Waals surface area contributed by atoms with E-state index in [9.17, 15) is 34.1 Å². The largest absolute Gasteiger partial charge is 0.505 e. The first-order valence-corrected chi connectivity index (χ1v) is 14.5. The highest BCUT2D eigenvalue weighted by Crippen LogP contribution is 2.46. The second kappa shape index (κ2) is 13.8. The van der Waals surface area contributed by atoms with E-state index in [1.165, 1.54) is 12.1 Å². The number of aromatic hydroxyl groups is 1. The molecule has 1 saturated heterocycles. The molecule has 2 aliphatic rings. The second-order valence-corrected chi connectivity index (χ2v) is 10.9. The standard InChI is InChI=1S/C34H33FN2O8/c1-44-34(43)37-32(41)24-17-22(19-45-23-7-3-2-4-8-23)30(25(18-38)31(24)33(37)42)29(40)13-11-21(27-9-5-6-14-36-27)15-20-10-12-28(39)26(35)16-20/h2-10,12,14-16,24-25,29,31,38-40H,11,13,17-19H2,1H3/b21-15-/t24-,25+,29-,31-/m1/s1. The average Bonchev–Trinajstić information content (AvgIpc) is 3.31. The van der Waals surface area contributed by atoms with Gasteiger partial charge in [0.05, 0.1) is 37.4 Å². The lowest BCUT2D eigenvalue weighted by Crippen LogP contribution is -2.40. The SMILES string of the molecule is COC(=O)N1C(=O)[C@@H]2[C@@H](CC(COc3ccccc3)=C([C@H](O)CC/C(=C/c3ccc(O)c(F)c3)c3ccccn3)[C@@H]2CO)C1=O. The Kier molecular flexibility index (Phi) is 9.70. The predicted octanol–water partition coefficient (Wildman–Crippen LogP) is 4.36. The number of allylic oxidation sites excluding steroid dienone is 1. The molecule has 234 valence electrons. The zero-order chi connectivity index (χ0) is 32.1. The van der Waals surface area contributed by atoms with Crippen LogP contribution in [0.15, 0.2) is 84.1 Å². The molecule has 3 N–H and O–H groups in total. The van der Waals surface area contributed by atoms with Crippen LogP contribution in [-0.2, 0) is 14.3 Å². The third-order valence-corrected chi connectivity index (χ3v) is 8.25. The van der Waals surface area contributed by atoms with Crippen molar-refractivity contribution in [1.82, 2.24) is 9.88 Å². The number of imide groups is 3. The predicted molar refractivity (Wildman–Crippen MR) is 161 cm³/mol. The van der Waals surface area contributed by atoms with E-state index >= 15 is 0 Å². The van der Waals surface area contributed by atoms with E-state index in [1.54, 1.807) is 60.8 Å². The highest BCUT2D eigenvalue weighted by molar-refractivity contribution is 6.16. The molecule has 11 heteroatoms. The van der Waals surface area contributed by atoms with Gasteiger partial charge in [-0.15, -0.1) is 0 Å². The van der Waals surface area contributed by atoms with Gasteiger partial charge in [-0.3, -0.25) is 14.6 Å². The lowest BCUT2D eigenvalue weighted by atomic mass is 9.68. The Morgan fingerprint density at radius 2 is 1.87 bits per heavy atom. The normalized spacial score (nSPS) is 20.7. The van der Waals surface area contributed by atoms with E-state index in [-0.39, 0.29) is 25.9 Å². The van der Waals surface area contributed by atoms with Crippen LogP contribution in [0.5, 0.6) is 11.5 Å². The number of rotatable bonds is 10. The number of aromatic nitrogens is 1. The van der Waals surface area contributed by atoms with Crippen LogP contribution in [0.4, 0.5) is 9.18 Å². The van der Waals surface area contributed by atoms with Crippen molar-refractivity contribution in [3.05, 3.63) is 101 Å². The Balaban J connectivity index is 1.48. The van der Waals surface area contributed by atoms with Crippen molar-refractivity contribution in [1.29, 1.82) is 0 Å². The number of phenols is 1. The van der Waals surface area contributed by atoms with Gasteiger partial charge < -0.3 is 24.8 Å². The van der Waals surface area contributed by atoms with Gasteiger partial charge in [0, 0.05) is 12.1 Å². The molecule has 1 aliphatic heterocycles. The van der Waals surface area contributed by atoms with Crippen LogP contribution in [0.2, 0.25) is 0 Å². The molecule has 0 bridgehead atoms. The maximum Gasteiger partial charge on any atom is 0.423 e. The third kappa shape index (κ3) is 6.64. The minimum atomic E-state index is -1.18. The summed E-state index contributed by atoms with van der Waals surface area (Å²) in [6.07, 6.45) is 1.44. The van der Waals surface area contributed by atoms with Crippen LogP contribution in [-0.4, -0.2) is 69.5 Å². The minimum Gasteiger partial charge on any atom is -0.505 e. The van der Waals surface area contributed by atoms with Crippen molar-refractivity contribution in [3.8, 4) is 11.5 Å². The number of ether oxygens (including phenoxy) is 2. The summed E-state index contributed by atoms with van der Waals surface area (Å²) in [5.74, 6) is -5.19. The quantitative estimate of drug-likeness (QED) is 0.223. The van der Waals surface area contributed by atoms with Crippen molar-refractivity contribution in [2.24, 2.45) is 17.8 Å². The van der Waals surface area contributed by atoms with Crippen molar-refractivity contribution in [3.63, 3.8) is 0 Å². The fourth-order valence-corrected chi connectivity index (χ4v) is 6.14. The van der Waals surface area contributed by atoms with E-state index in [2.05, 4.69) is 9.72 Å². The van der Waals surface area contributed by atoms with Crippen molar-refractivity contribution in [2.75, 3.05) is 20.3 Å². The minimum absolute atomic E-state index is 0.0223. The number of nitrogens with zero attached hydrogens (tertiary/aromatic N) is 2.